The molecule has 0 heterocycles. The first-order valence-electron chi connectivity index (χ1n) is 4.98. The van der Waals surface area contributed by atoms with Crippen LogP contribution in [0.4, 0.5) is 0 Å². The summed E-state index contributed by atoms with van der Waals surface area (Å²) >= 11 is 0. The van der Waals surface area contributed by atoms with Gasteiger partial charge in [-0.1, -0.05) is 0 Å². The molecule has 0 aliphatic rings. The smallest absolute Gasteiger partial charge is 0.339 e. The van der Waals surface area contributed by atoms with E-state index in [0.717, 1.165) is 12.1 Å². The summed E-state index contributed by atoms with van der Waals surface area (Å²) in [7, 11) is 1.31. The highest BCUT2D eigenvalue weighted by atomic mass is 16.5. The number of ether oxygens (including phenoxy) is 1. The molecule has 0 radical (unpaired) electrons. The van der Waals surface area contributed by atoms with E-state index in [-0.39, 0.29) is 23.3 Å². The second kappa shape index (κ2) is 5.37. The Morgan fingerprint density at radius 3 is 2.44 bits per heavy atom. The van der Waals surface area contributed by atoms with Gasteiger partial charge in [0.25, 0.3) is 0 Å². The minimum Gasteiger partial charge on any atom is -0.507 e. The maximum atomic E-state index is 10.9. The molecule has 0 aliphatic heterocycles. The van der Waals surface area contributed by atoms with Crippen LogP contribution in [0.2, 0.25) is 0 Å². The second-order valence-electron chi connectivity index (χ2n) is 3.62. The van der Waals surface area contributed by atoms with E-state index >= 15 is 0 Å². The van der Waals surface area contributed by atoms with Crippen molar-refractivity contribution in [3.05, 3.63) is 23.3 Å². The molecule has 0 spiro atoms. The van der Waals surface area contributed by atoms with Gasteiger partial charge in [0.2, 0.25) is 0 Å². The van der Waals surface area contributed by atoms with E-state index in [0.29, 0.717) is 0 Å². The van der Waals surface area contributed by atoms with Gasteiger partial charge < -0.3 is 25.8 Å². The van der Waals surface area contributed by atoms with Crippen molar-refractivity contribution in [1.82, 2.24) is 0 Å². The third-order valence-electron chi connectivity index (χ3n) is 2.37. The van der Waals surface area contributed by atoms with Crippen LogP contribution in [0.25, 0.3) is 0 Å². The molecule has 7 nitrogen and oxygen atoms in total. The third-order valence-corrected chi connectivity index (χ3v) is 2.37. The van der Waals surface area contributed by atoms with Gasteiger partial charge in [-0.3, -0.25) is 4.79 Å². The minimum absolute atomic E-state index is 0.145. The fraction of sp³-hybridized carbons (Fsp3) is 0.273. The Labute approximate surface area is 102 Å². The van der Waals surface area contributed by atoms with E-state index in [1.807, 2.05) is 0 Å². The quantitative estimate of drug-likeness (QED) is 0.605. The highest BCUT2D eigenvalue weighted by Gasteiger charge is 2.20. The first kappa shape index (κ1) is 13.8. The normalized spacial score (nSPS) is 11.9. The number of hydrogen-bond acceptors (Lipinski definition) is 5. The van der Waals surface area contributed by atoms with E-state index in [2.05, 4.69) is 0 Å². The average molecular weight is 255 g/mol. The minimum atomic E-state index is -1.33. The van der Waals surface area contributed by atoms with Gasteiger partial charge in [0, 0.05) is 17.7 Å². The number of hydrogen-bond donors (Lipinski definition) is 4. The van der Waals surface area contributed by atoms with Gasteiger partial charge >= 0.3 is 11.9 Å². The van der Waals surface area contributed by atoms with Crippen molar-refractivity contribution in [2.45, 2.75) is 12.5 Å². The number of phenols is 1. The van der Waals surface area contributed by atoms with Crippen LogP contribution in [-0.2, 0) is 4.79 Å². The van der Waals surface area contributed by atoms with Crippen LogP contribution in [0.5, 0.6) is 11.5 Å². The fourth-order valence-corrected chi connectivity index (χ4v) is 1.52. The van der Waals surface area contributed by atoms with Crippen molar-refractivity contribution in [3.8, 4) is 11.5 Å². The number of carboxylic acid groups (broad SMARTS) is 2. The van der Waals surface area contributed by atoms with Crippen molar-refractivity contribution >= 4 is 11.9 Å². The average Bonchev–Trinajstić information content (AvgIpc) is 2.26. The summed E-state index contributed by atoms with van der Waals surface area (Å²) in [5.41, 5.74) is 5.52. The Morgan fingerprint density at radius 2 is 2.00 bits per heavy atom. The standard InChI is InChI=1S/C11H13NO6/c1-18-9-4-8(13)6(11(16)17)2-5(9)7(12)3-10(14)15/h2,4,7,13H,3,12H2,1H3,(H,14,15)(H,16,17). The fourth-order valence-electron chi connectivity index (χ4n) is 1.52. The molecule has 0 saturated heterocycles. The summed E-state index contributed by atoms with van der Waals surface area (Å²) in [6, 6.07) is 1.29. The van der Waals surface area contributed by atoms with Crippen molar-refractivity contribution in [2.24, 2.45) is 5.73 Å². The number of benzene rings is 1. The Morgan fingerprint density at radius 1 is 1.39 bits per heavy atom. The van der Waals surface area contributed by atoms with Gasteiger partial charge in [0.1, 0.15) is 17.1 Å². The SMILES string of the molecule is COc1cc(O)c(C(=O)O)cc1C(N)CC(=O)O. The van der Waals surface area contributed by atoms with E-state index in [1.165, 1.54) is 7.11 Å². The maximum Gasteiger partial charge on any atom is 0.339 e. The van der Waals surface area contributed by atoms with Gasteiger partial charge in [0.05, 0.1) is 13.5 Å². The van der Waals surface area contributed by atoms with Crippen LogP contribution in [0.15, 0.2) is 12.1 Å². The molecule has 7 heteroatoms. The third kappa shape index (κ3) is 2.89. The molecule has 0 fully saturated rings. The predicted molar refractivity (Wildman–Crippen MR) is 60.8 cm³/mol. The molecule has 0 amide bonds. The number of carboxylic acids is 2. The maximum absolute atomic E-state index is 10.9. The molecule has 0 aromatic heterocycles. The Bertz CT molecular complexity index is 485. The highest BCUT2D eigenvalue weighted by Crippen LogP contribution is 2.32. The predicted octanol–water partition coefficient (Wildman–Crippen LogP) is 0.574. The first-order valence-corrected chi connectivity index (χ1v) is 4.98. The lowest BCUT2D eigenvalue weighted by Gasteiger charge is -2.15. The van der Waals surface area contributed by atoms with E-state index in [9.17, 15) is 14.7 Å². The molecule has 18 heavy (non-hydrogen) atoms. The first-order chi connectivity index (χ1) is 8.36. The zero-order valence-corrected chi connectivity index (χ0v) is 9.58. The van der Waals surface area contributed by atoms with Crippen molar-refractivity contribution in [2.75, 3.05) is 7.11 Å². The van der Waals surface area contributed by atoms with Gasteiger partial charge in [-0.2, -0.15) is 0 Å². The van der Waals surface area contributed by atoms with Gasteiger partial charge in [-0.25, -0.2) is 4.79 Å². The number of methoxy groups -OCH3 is 1. The van der Waals surface area contributed by atoms with Crippen LogP contribution in [0.1, 0.15) is 28.4 Å². The summed E-state index contributed by atoms with van der Waals surface area (Å²) in [5.74, 6) is -2.77. The summed E-state index contributed by atoms with van der Waals surface area (Å²) in [5, 5.41) is 27.0. The van der Waals surface area contributed by atoms with Crippen LogP contribution in [0, 0.1) is 0 Å². The Kier molecular flexibility index (Phi) is 4.11. The molecule has 0 aliphatic carbocycles. The number of carbonyl (C=O) groups is 2. The summed E-state index contributed by atoms with van der Waals surface area (Å²) in [6.45, 7) is 0. The molecule has 98 valence electrons. The monoisotopic (exact) mass is 255 g/mol. The van der Waals surface area contributed by atoms with Crippen LogP contribution < -0.4 is 10.5 Å². The molecule has 1 aromatic carbocycles. The molecular weight excluding hydrogens is 242 g/mol. The number of nitrogens with two attached hydrogens (primary N) is 1. The number of aromatic hydroxyl groups is 1. The second-order valence-corrected chi connectivity index (χ2v) is 3.62. The topological polar surface area (TPSA) is 130 Å². The molecular formula is C11H13NO6. The van der Waals surface area contributed by atoms with Gasteiger partial charge in [-0.05, 0) is 6.07 Å². The van der Waals surface area contributed by atoms with Crippen molar-refractivity contribution in [1.29, 1.82) is 0 Å². The molecule has 0 bridgehead atoms. The highest BCUT2D eigenvalue weighted by molar-refractivity contribution is 5.91. The van der Waals surface area contributed by atoms with E-state index < -0.39 is 23.7 Å². The number of rotatable bonds is 5. The molecule has 0 saturated carbocycles. The zero-order valence-electron chi connectivity index (χ0n) is 9.58. The van der Waals surface area contributed by atoms with Gasteiger partial charge in [-0.15, -0.1) is 0 Å². The van der Waals surface area contributed by atoms with Crippen LogP contribution >= 0.6 is 0 Å². The Balaban J connectivity index is 3.27. The lowest BCUT2D eigenvalue weighted by Crippen LogP contribution is -2.16. The molecule has 1 rings (SSSR count). The Hall–Kier alpha value is -2.28. The number of aromatic carboxylic acids is 1. The van der Waals surface area contributed by atoms with E-state index in [1.54, 1.807) is 0 Å². The van der Waals surface area contributed by atoms with Crippen LogP contribution in [0.3, 0.4) is 0 Å². The molecule has 1 unspecified atom stereocenters. The molecule has 1 atom stereocenters. The number of aliphatic carboxylic acids is 1. The summed E-state index contributed by atoms with van der Waals surface area (Å²) in [4.78, 5) is 21.4. The zero-order chi connectivity index (χ0) is 13.9. The summed E-state index contributed by atoms with van der Waals surface area (Å²) in [6.07, 6.45) is -0.375. The lowest BCUT2D eigenvalue weighted by molar-refractivity contribution is -0.137. The molecule has 1 aromatic rings. The lowest BCUT2D eigenvalue weighted by atomic mass is 10.00. The van der Waals surface area contributed by atoms with Crippen molar-refractivity contribution in [3.63, 3.8) is 0 Å². The largest absolute Gasteiger partial charge is 0.507 e. The summed E-state index contributed by atoms with van der Waals surface area (Å²) < 4.78 is 4.94. The van der Waals surface area contributed by atoms with Crippen LogP contribution in [-0.4, -0.2) is 34.4 Å². The molecule has 5 N–H and O–H groups in total. The van der Waals surface area contributed by atoms with Gasteiger partial charge in [0.15, 0.2) is 0 Å². The van der Waals surface area contributed by atoms with Crippen molar-refractivity contribution < 1.29 is 29.6 Å². The van der Waals surface area contributed by atoms with E-state index in [4.69, 9.17) is 20.7 Å².